The molecule has 0 aliphatic carbocycles. The SMILES string of the molecule is CCN1CCN(C(=O)NC(C(=O)C[C@H]2Cc3cccc(C)c3OB2O)c2csc(N)n2)C(=O)C1=O.CCN1CCN(C(=O)N[C@@H](C(=O)C[C@H]2Cc3cccc(C)c3OB2O)c2ccccc2)C(=O)C1=O.Cc1cccc2c1OB(O)[C@@H](CC(=O)C(NC(=O)N(C)C)c1csc(N)n1)C2.Cc1cccc2c1OB(O)[C@@H](CC(=O)C(NCC(=O)O)c1csc(N)n1)C2.Cc1cccc2c1OB(O)[C@@H](CC(=O)[C@@H](N)c1csc(N)n1)C2. The van der Waals surface area contributed by atoms with Crippen LogP contribution in [0.1, 0.15) is 160 Å². The summed E-state index contributed by atoms with van der Waals surface area (Å²) in [5.41, 5.74) is 39.9. The van der Waals surface area contributed by atoms with Crippen molar-refractivity contribution >= 4 is 178 Å². The lowest BCUT2D eigenvalue weighted by Gasteiger charge is -2.33. The summed E-state index contributed by atoms with van der Waals surface area (Å²) in [6.07, 6.45) is 2.46. The van der Waals surface area contributed by atoms with Crippen LogP contribution >= 0.6 is 45.3 Å². The van der Waals surface area contributed by atoms with Gasteiger partial charge in [-0.25, -0.2) is 34.3 Å². The van der Waals surface area contributed by atoms with Gasteiger partial charge >= 0.3 is 83.3 Å². The average Bonchev–Trinajstić information content (AvgIpc) is 0.932. The smallest absolute Gasteiger partial charge is 0.526 e. The Morgan fingerprint density at radius 3 is 0.973 bits per heavy atom. The molecule has 6 aromatic carbocycles. The molecule has 17 rings (SSSR count). The van der Waals surface area contributed by atoms with Gasteiger partial charge in [0.05, 0.1) is 29.3 Å². The number of imide groups is 2. The molecule has 11 heterocycles. The number of carbonyl (C=O) groups is 13. The van der Waals surface area contributed by atoms with Crippen molar-refractivity contribution in [3.05, 3.63) is 227 Å². The fourth-order valence-electron chi connectivity index (χ4n) is 18.1. The number of anilines is 4. The highest BCUT2D eigenvalue weighted by Crippen LogP contribution is 2.44. The van der Waals surface area contributed by atoms with Crippen molar-refractivity contribution in [1.29, 1.82) is 0 Å². The number of para-hydroxylation sites is 5. The molecule has 10 amide bonds. The number of aromatic nitrogens is 4. The molecule has 10 aromatic rings. The van der Waals surface area contributed by atoms with Crippen LogP contribution in [0.15, 0.2) is 143 Å². The van der Waals surface area contributed by atoms with E-state index in [1.807, 2.05) is 126 Å². The van der Waals surface area contributed by atoms with Crippen molar-refractivity contribution in [2.24, 2.45) is 5.73 Å². The third-order valence-electron chi connectivity index (χ3n) is 26.1. The summed E-state index contributed by atoms with van der Waals surface area (Å²) in [6.45, 7) is 13.9. The number of aliphatic carboxylic acids is 1. The molecule has 0 bridgehead atoms. The summed E-state index contributed by atoms with van der Waals surface area (Å²) < 4.78 is 28.3. The topological polar surface area (TPSA) is 635 Å². The van der Waals surface area contributed by atoms with Crippen LogP contribution in [0.2, 0.25) is 29.1 Å². The monoisotopic (exact) mass is 2100 g/mol. The molecular formula is C97H115B5N18O24S4. The van der Waals surface area contributed by atoms with E-state index in [1.54, 1.807) is 79.8 Å². The first-order valence-electron chi connectivity index (χ1n) is 47.7. The highest BCUT2D eigenvalue weighted by molar-refractivity contribution is 7.14. The third-order valence-corrected chi connectivity index (χ3v) is 28.8. The Morgan fingerprint density at radius 2 is 0.676 bits per heavy atom. The van der Waals surface area contributed by atoms with Gasteiger partial charge in [0.1, 0.15) is 59.0 Å². The summed E-state index contributed by atoms with van der Waals surface area (Å²) in [6, 6.07) is 30.3. The largest absolute Gasteiger partial charge is 0.536 e. The fraction of sp³-hybridized carbons (Fsp3) is 0.371. The van der Waals surface area contributed by atoms with Gasteiger partial charge in [-0.2, -0.15) is 0 Å². The van der Waals surface area contributed by atoms with Crippen molar-refractivity contribution in [1.82, 2.24) is 65.7 Å². The number of likely N-dealkylation sites (N-methyl/N-ethyl adjacent to an activating group) is 2. The summed E-state index contributed by atoms with van der Waals surface area (Å²) >= 11 is 4.73. The number of hydrogen-bond donors (Lipinski definition) is 15. The number of hydrogen-bond acceptors (Lipinski definition) is 37. The van der Waals surface area contributed by atoms with Crippen LogP contribution in [0.3, 0.4) is 0 Å². The molecule has 20 N–H and O–H groups in total. The number of ketones is 5. The number of Topliss-reactive ketones (excluding diaryl/α,β-unsaturated/α-hetero) is 5. The molecule has 0 radical (unpaired) electrons. The number of carbonyl (C=O) groups excluding carboxylic acids is 12. The van der Waals surface area contributed by atoms with Crippen molar-refractivity contribution in [2.75, 3.05) is 82.8 Å². The second kappa shape index (κ2) is 50.1. The van der Waals surface area contributed by atoms with E-state index in [9.17, 15) is 87.4 Å². The Bertz CT molecular complexity index is 6570. The standard InChI is InChI=1S/C25H28BN3O6.C22H26BN5O6S.C18H23BN4O4S.C17H20BN3O5S.C15H18BN3O3S/c1-3-28-12-13-29(24(32)23(28)31)25(33)27-21(17-9-5-4-6-10-17)20(30)15-19-14-18-11-7-8-16(2)22(18)35-26(19)34;1-3-27-7-8-28(20(31)19(27)30)22(32)26-17(15-11-35-21(24)25-15)16(29)10-14-9-13-6-4-5-12(2)18(13)34-23(14)33;1-10-5-4-6-11-7-12(19(26)27-16(10)11)8-14(24)15(22-18(25)23(2)3)13-9-28-17(20)21-13;1-9-3-2-4-10-5-11(18(25)26-16(9)10)6-13(22)15(20-7-14(23)24)12-8-27-17(19)21-12;1-8-3-2-4-9-5-10(16(21)22-14(8)9)6-12(20)13(17)11-7-23-15(18)19-11/h4-11,19,21,34H,3,12-15H2,1-2H3,(H,27,33);4-6,11,14,17,33H,3,7-10H2,1-2H3,(H2,24,25)(H,26,32);4-6,9,12,15,26H,7-8H2,1-3H3,(H2,20,21)(H,22,25);2-4,8,11,15,20,25H,5-7H2,1H3,(H2,19,21)(H,23,24);2-4,7,10,13,21H,5-6,17H2,1H3,(H2,18,19)/t19-,21-;14-,17?;12-,15?;11-,15?;10-,13+/m11111/s1. The number of nitrogens with two attached hydrogens (primary N) is 5. The van der Waals surface area contributed by atoms with Gasteiger partial charge < -0.3 is 113 Å². The molecule has 4 aromatic heterocycles. The predicted octanol–water partition coefficient (Wildman–Crippen LogP) is 7.27. The van der Waals surface area contributed by atoms with E-state index >= 15 is 0 Å². The summed E-state index contributed by atoms with van der Waals surface area (Å²) in [5, 5.41) is 79.3. The quantitative estimate of drug-likeness (QED) is 0.0169. The molecule has 3 unspecified atom stereocenters. The zero-order valence-corrected chi connectivity index (χ0v) is 85.9. The number of carboxylic acid groups (broad SMARTS) is 1. The molecule has 776 valence electrons. The van der Waals surface area contributed by atoms with Crippen LogP contribution in [0.25, 0.3) is 0 Å². The number of urea groups is 3. The minimum Gasteiger partial charge on any atom is -0.536 e. The van der Waals surface area contributed by atoms with E-state index < -0.39 is 143 Å². The Morgan fingerprint density at radius 1 is 0.392 bits per heavy atom. The van der Waals surface area contributed by atoms with Gasteiger partial charge in [0.15, 0.2) is 49.4 Å². The highest BCUT2D eigenvalue weighted by atomic mass is 32.1. The summed E-state index contributed by atoms with van der Waals surface area (Å²) in [5.74, 6) is -4.91. The fourth-order valence-corrected chi connectivity index (χ4v) is 20.4. The number of nitrogens with zero attached hydrogens (tertiary/aromatic N) is 9. The predicted molar refractivity (Wildman–Crippen MR) is 558 cm³/mol. The lowest BCUT2D eigenvalue weighted by molar-refractivity contribution is -0.153. The van der Waals surface area contributed by atoms with Gasteiger partial charge in [0, 0.05) is 136 Å². The maximum Gasteiger partial charge on any atom is 0.526 e. The third kappa shape index (κ3) is 27.5. The molecule has 148 heavy (non-hydrogen) atoms. The number of aryl methyl sites for hydroxylation is 5. The summed E-state index contributed by atoms with van der Waals surface area (Å²) in [4.78, 5) is 186. The molecular weight excluding hydrogens is 1980 g/mol. The zero-order valence-electron chi connectivity index (χ0n) is 82.6. The molecule has 51 heteroatoms. The average molecular weight is 2100 g/mol. The van der Waals surface area contributed by atoms with Crippen molar-refractivity contribution in [2.45, 2.75) is 172 Å². The zero-order chi connectivity index (χ0) is 107. The van der Waals surface area contributed by atoms with Gasteiger partial charge in [0.2, 0.25) is 0 Å². The molecule has 0 spiro atoms. The Labute approximate surface area is 870 Å². The van der Waals surface area contributed by atoms with Gasteiger partial charge in [0.25, 0.3) is 0 Å². The van der Waals surface area contributed by atoms with Crippen LogP contribution in [-0.4, -0.2) is 247 Å². The number of benzene rings is 6. The number of thiazole rings is 4. The minimum atomic E-state index is -1.21. The van der Waals surface area contributed by atoms with Crippen LogP contribution in [0.5, 0.6) is 28.7 Å². The first-order chi connectivity index (χ1) is 70.5. The van der Waals surface area contributed by atoms with Gasteiger partial charge in [-0.1, -0.05) is 121 Å². The van der Waals surface area contributed by atoms with E-state index in [-0.39, 0.29) is 105 Å². The first kappa shape index (κ1) is 111. The number of piperazine rings is 2. The molecule has 7 aliphatic heterocycles. The molecule has 2 fully saturated rings. The maximum atomic E-state index is 13.4. The lowest BCUT2D eigenvalue weighted by Crippen LogP contribution is -2.58. The van der Waals surface area contributed by atoms with E-state index in [0.29, 0.717) is 112 Å². The number of nitrogen functional groups attached to an aromatic ring is 4. The Kier molecular flexibility index (Phi) is 37.7. The molecule has 7 aliphatic rings. The number of carboxylic acids is 1. The number of rotatable bonds is 28. The molecule has 42 nitrogen and oxygen atoms in total. The highest BCUT2D eigenvalue weighted by Gasteiger charge is 2.47. The summed E-state index contributed by atoms with van der Waals surface area (Å²) in [7, 11) is -2.41. The van der Waals surface area contributed by atoms with Crippen molar-refractivity contribution in [3.8, 4) is 28.7 Å². The van der Waals surface area contributed by atoms with E-state index in [1.165, 1.54) is 48.7 Å². The van der Waals surface area contributed by atoms with E-state index in [0.717, 1.165) is 76.8 Å². The minimum absolute atomic E-state index is 0.00960. The van der Waals surface area contributed by atoms with Crippen molar-refractivity contribution < 1.29 is 116 Å². The van der Waals surface area contributed by atoms with Crippen LogP contribution < -0.4 is 73.2 Å². The molecule has 2 saturated heterocycles. The number of nitrogens with one attached hydrogen (secondary N) is 4. The normalized spacial score (nSPS) is 17.9. The van der Waals surface area contributed by atoms with Gasteiger partial charge in [-0.3, -0.25) is 63.1 Å². The van der Waals surface area contributed by atoms with Crippen LogP contribution in [0.4, 0.5) is 34.9 Å². The van der Waals surface area contributed by atoms with Gasteiger partial charge in [-0.15, -0.1) is 45.3 Å². The second-order valence-corrected chi connectivity index (χ2v) is 40.4. The first-order valence-corrected chi connectivity index (χ1v) is 51.3. The molecule has 10 atom stereocenters. The number of fused-ring (bicyclic) bond motifs is 5. The van der Waals surface area contributed by atoms with E-state index in [2.05, 4.69) is 41.2 Å². The van der Waals surface area contributed by atoms with Gasteiger partial charge in [-0.05, 0) is 142 Å². The Hall–Kier alpha value is -14.0. The lowest BCUT2D eigenvalue weighted by atomic mass is 9.64. The Balaban J connectivity index is 0.000000156. The second-order valence-electron chi connectivity index (χ2n) is 36.8. The number of amides is 10. The van der Waals surface area contributed by atoms with Crippen molar-refractivity contribution in [3.63, 3.8) is 0 Å². The maximum absolute atomic E-state index is 13.4. The van der Waals surface area contributed by atoms with E-state index in [4.69, 9.17) is 57.0 Å². The van der Waals surface area contributed by atoms with Crippen LogP contribution in [-0.2, 0) is 80.0 Å². The molecule has 0 saturated carbocycles. The van der Waals surface area contributed by atoms with Crippen LogP contribution in [0, 0.1) is 34.6 Å².